The Kier molecular flexibility index (Phi) is 2.81. The highest BCUT2D eigenvalue weighted by atomic mass is 16.3. The van der Waals surface area contributed by atoms with Crippen molar-refractivity contribution in [3.05, 3.63) is 48.8 Å². The second kappa shape index (κ2) is 4.61. The van der Waals surface area contributed by atoms with Crippen LogP contribution in [0, 0.1) is 0 Å². The van der Waals surface area contributed by atoms with Crippen LogP contribution in [0.5, 0.6) is 0 Å². The Morgan fingerprint density at radius 1 is 1.17 bits per heavy atom. The average molecular weight is 239 g/mol. The molecule has 0 spiro atoms. The van der Waals surface area contributed by atoms with Gasteiger partial charge in [0.05, 0.1) is 0 Å². The first-order chi connectivity index (χ1) is 8.86. The number of aromatic nitrogens is 2. The molecule has 0 atom stereocenters. The Morgan fingerprint density at radius 3 is 2.89 bits per heavy atom. The van der Waals surface area contributed by atoms with E-state index in [2.05, 4.69) is 28.9 Å². The van der Waals surface area contributed by atoms with Crippen molar-refractivity contribution in [1.82, 2.24) is 4.98 Å². The zero-order valence-corrected chi connectivity index (χ0v) is 10.3. The molecular weight excluding hydrogens is 224 g/mol. The predicted octanol–water partition coefficient (Wildman–Crippen LogP) is 3.19. The maximum atomic E-state index is 5.76. The highest BCUT2D eigenvalue weighted by molar-refractivity contribution is 5.75. The van der Waals surface area contributed by atoms with E-state index in [0.717, 1.165) is 29.6 Å². The lowest BCUT2D eigenvalue weighted by Gasteiger charge is -1.95. The van der Waals surface area contributed by atoms with Crippen LogP contribution < -0.4 is 4.57 Å². The van der Waals surface area contributed by atoms with Crippen LogP contribution in [0.4, 0.5) is 0 Å². The standard InChI is InChI=1S/C15H15N2O/c1-2-9-17-10-5-6-12(11-17)15-16-13-7-3-4-8-14(13)18-15/h3-8,10-11H,2,9H2,1H3/q+1. The van der Waals surface area contributed by atoms with E-state index in [-0.39, 0.29) is 0 Å². The van der Waals surface area contributed by atoms with Gasteiger partial charge in [-0.25, -0.2) is 9.55 Å². The molecule has 0 radical (unpaired) electrons. The minimum atomic E-state index is 0.682. The normalized spacial score (nSPS) is 10.9. The fourth-order valence-corrected chi connectivity index (χ4v) is 2.04. The zero-order valence-electron chi connectivity index (χ0n) is 10.3. The van der Waals surface area contributed by atoms with Crippen LogP contribution in [-0.4, -0.2) is 4.98 Å². The molecule has 1 aromatic carbocycles. The Bertz CT molecular complexity index is 640. The van der Waals surface area contributed by atoms with E-state index in [1.165, 1.54) is 0 Å². The van der Waals surface area contributed by atoms with Crippen molar-refractivity contribution in [1.29, 1.82) is 0 Å². The van der Waals surface area contributed by atoms with Crippen molar-refractivity contribution >= 4 is 11.1 Å². The first-order valence-corrected chi connectivity index (χ1v) is 6.22. The van der Waals surface area contributed by atoms with Gasteiger partial charge in [0.25, 0.3) is 0 Å². The van der Waals surface area contributed by atoms with E-state index >= 15 is 0 Å². The lowest BCUT2D eigenvalue weighted by Crippen LogP contribution is -2.32. The van der Waals surface area contributed by atoms with E-state index in [9.17, 15) is 0 Å². The number of pyridine rings is 1. The zero-order chi connectivity index (χ0) is 12.4. The van der Waals surface area contributed by atoms with E-state index in [1.54, 1.807) is 0 Å². The smallest absolute Gasteiger partial charge is 0.233 e. The predicted molar refractivity (Wildman–Crippen MR) is 69.9 cm³/mol. The third kappa shape index (κ3) is 1.99. The highest BCUT2D eigenvalue weighted by Crippen LogP contribution is 2.22. The maximum absolute atomic E-state index is 5.76. The van der Waals surface area contributed by atoms with Crippen molar-refractivity contribution in [2.75, 3.05) is 0 Å². The summed E-state index contributed by atoms with van der Waals surface area (Å²) in [5, 5.41) is 0. The van der Waals surface area contributed by atoms with Crippen molar-refractivity contribution < 1.29 is 8.98 Å². The summed E-state index contributed by atoms with van der Waals surface area (Å²) in [5.74, 6) is 0.682. The second-order valence-corrected chi connectivity index (χ2v) is 4.32. The summed E-state index contributed by atoms with van der Waals surface area (Å²) < 4.78 is 7.92. The van der Waals surface area contributed by atoms with Crippen molar-refractivity contribution in [3.63, 3.8) is 0 Å². The number of hydrogen-bond donors (Lipinski definition) is 0. The van der Waals surface area contributed by atoms with Crippen LogP contribution >= 0.6 is 0 Å². The third-order valence-corrected chi connectivity index (χ3v) is 2.88. The largest absolute Gasteiger partial charge is 0.436 e. The van der Waals surface area contributed by atoms with Crippen LogP contribution in [0.3, 0.4) is 0 Å². The molecule has 90 valence electrons. The first kappa shape index (κ1) is 11.0. The van der Waals surface area contributed by atoms with Gasteiger partial charge in [-0.3, -0.25) is 0 Å². The summed E-state index contributed by atoms with van der Waals surface area (Å²) in [7, 11) is 0. The second-order valence-electron chi connectivity index (χ2n) is 4.32. The molecular formula is C15H15N2O+. The molecule has 0 aliphatic carbocycles. The van der Waals surface area contributed by atoms with Gasteiger partial charge in [0.2, 0.25) is 5.89 Å². The maximum Gasteiger partial charge on any atom is 0.233 e. The fraction of sp³-hybridized carbons (Fsp3) is 0.200. The Labute approximate surface area is 106 Å². The monoisotopic (exact) mass is 239 g/mol. The minimum absolute atomic E-state index is 0.682. The molecule has 0 amide bonds. The molecule has 0 fully saturated rings. The third-order valence-electron chi connectivity index (χ3n) is 2.88. The van der Waals surface area contributed by atoms with Crippen LogP contribution in [0.1, 0.15) is 13.3 Å². The number of aryl methyl sites for hydroxylation is 1. The van der Waals surface area contributed by atoms with E-state index in [0.29, 0.717) is 5.89 Å². The van der Waals surface area contributed by atoms with Gasteiger partial charge in [0.15, 0.2) is 18.0 Å². The topological polar surface area (TPSA) is 29.9 Å². The molecule has 0 saturated heterocycles. The summed E-state index contributed by atoms with van der Waals surface area (Å²) in [5.41, 5.74) is 2.75. The Balaban J connectivity index is 2.05. The fourth-order valence-electron chi connectivity index (χ4n) is 2.04. The molecule has 3 rings (SSSR count). The van der Waals surface area contributed by atoms with Gasteiger partial charge < -0.3 is 4.42 Å². The minimum Gasteiger partial charge on any atom is -0.436 e. The van der Waals surface area contributed by atoms with Crippen LogP contribution in [0.2, 0.25) is 0 Å². The number of nitrogens with zero attached hydrogens (tertiary/aromatic N) is 2. The number of oxazole rings is 1. The van der Waals surface area contributed by atoms with Crippen LogP contribution in [-0.2, 0) is 6.54 Å². The molecule has 0 saturated carbocycles. The average Bonchev–Trinajstić information content (AvgIpc) is 2.83. The lowest BCUT2D eigenvalue weighted by atomic mass is 10.3. The van der Waals surface area contributed by atoms with Gasteiger partial charge >= 0.3 is 0 Å². The molecule has 0 aliphatic rings. The first-order valence-electron chi connectivity index (χ1n) is 6.22. The van der Waals surface area contributed by atoms with Crippen LogP contribution in [0.15, 0.2) is 53.2 Å². The number of rotatable bonds is 3. The van der Waals surface area contributed by atoms with Gasteiger partial charge in [-0.1, -0.05) is 19.1 Å². The van der Waals surface area contributed by atoms with Crippen molar-refractivity contribution in [3.8, 4) is 11.5 Å². The summed E-state index contributed by atoms with van der Waals surface area (Å²) >= 11 is 0. The molecule has 3 aromatic rings. The van der Waals surface area contributed by atoms with Gasteiger partial charge in [0, 0.05) is 12.5 Å². The van der Waals surface area contributed by atoms with Crippen molar-refractivity contribution in [2.24, 2.45) is 0 Å². The molecule has 3 nitrogen and oxygen atoms in total. The van der Waals surface area contributed by atoms with E-state index in [4.69, 9.17) is 4.42 Å². The van der Waals surface area contributed by atoms with Gasteiger partial charge in [-0.15, -0.1) is 0 Å². The van der Waals surface area contributed by atoms with Gasteiger partial charge in [-0.2, -0.15) is 0 Å². The summed E-state index contributed by atoms with van der Waals surface area (Å²) in [6.45, 7) is 3.17. The molecule has 3 heteroatoms. The van der Waals surface area contributed by atoms with E-state index < -0.39 is 0 Å². The molecule has 0 unspecified atom stereocenters. The van der Waals surface area contributed by atoms with Gasteiger partial charge in [0.1, 0.15) is 17.6 Å². The molecule has 18 heavy (non-hydrogen) atoms. The highest BCUT2D eigenvalue weighted by Gasteiger charge is 2.10. The number of benzene rings is 1. The lowest BCUT2D eigenvalue weighted by molar-refractivity contribution is -0.696. The molecule has 0 N–H and O–H groups in total. The summed E-state index contributed by atoms with van der Waals surface area (Å²) in [4.78, 5) is 4.50. The van der Waals surface area contributed by atoms with Crippen LogP contribution in [0.25, 0.3) is 22.6 Å². The number of fused-ring (bicyclic) bond motifs is 1. The Morgan fingerprint density at radius 2 is 2.06 bits per heavy atom. The number of hydrogen-bond acceptors (Lipinski definition) is 2. The van der Waals surface area contributed by atoms with Gasteiger partial charge in [-0.05, 0) is 18.2 Å². The molecule has 2 aromatic heterocycles. The molecule has 2 heterocycles. The number of para-hydroxylation sites is 2. The Hall–Kier alpha value is -2.16. The summed E-state index contributed by atoms with van der Waals surface area (Å²) in [6, 6.07) is 11.9. The quantitative estimate of drug-likeness (QED) is 0.657. The van der Waals surface area contributed by atoms with E-state index in [1.807, 2.05) is 36.4 Å². The molecule has 0 aliphatic heterocycles. The SMILES string of the molecule is CCC[n+]1cccc(-c2nc3ccccc3o2)c1. The molecule has 0 bridgehead atoms. The van der Waals surface area contributed by atoms with Crippen molar-refractivity contribution in [2.45, 2.75) is 19.9 Å². The summed E-state index contributed by atoms with van der Waals surface area (Å²) in [6.07, 6.45) is 5.26.